The lowest BCUT2D eigenvalue weighted by Gasteiger charge is -2.11. The lowest BCUT2D eigenvalue weighted by atomic mass is 10.1. The van der Waals surface area contributed by atoms with Crippen LogP contribution in [-0.2, 0) is 0 Å². The average molecular weight is 465 g/mol. The van der Waals surface area contributed by atoms with Crippen molar-refractivity contribution in [3.05, 3.63) is 70.5 Å². The summed E-state index contributed by atoms with van der Waals surface area (Å²) in [7, 11) is 1.65. The molecule has 0 saturated heterocycles. The highest BCUT2D eigenvalue weighted by molar-refractivity contribution is 9.10. The fourth-order valence-corrected chi connectivity index (χ4v) is 3.34. The van der Waals surface area contributed by atoms with Crippen molar-refractivity contribution in [2.45, 2.75) is 0 Å². The van der Waals surface area contributed by atoms with Gasteiger partial charge in [0.1, 0.15) is 11.6 Å². The van der Waals surface area contributed by atoms with Gasteiger partial charge in [0.25, 0.3) is 0 Å². The van der Waals surface area contributed by atoms with Crippen LogP contribution in [0.25, 0.3) is 10.8 Å². The van der Waals surface area contributed by atoms with E-state index in [-0.39, 0.29) is 29.2 Å². The van der Waals surface area contributed by atoms with Gasteiger partial charge >= 0.3 is 6.01 Å². The van der Waals surface area contributed by atoms with E-state index in [0.29, 0.717) is 5.75 Å². The van der Waals surface area contributed by atoms with E-state index in [1.165, 1.54) is 12.1 Å². The number of hydrogen-bond acceptors (Lipinski definition) is 7. The molecule has 0 fully saturated rings. The van der Waals surface area contributed by atoms with E-state index < -0.39 is 5.82 Å². The van der Waals surface area contributed by atoms with Gasteiger partial charge in [-0.3, -0.25) is 0 Å². The van der Waals surface area contributed by atoms with Gasteiger partial charge < -0.3 is 15.4 Å². The number of aromatic nitrogens is 3. The zero-order chi connectivity index (χ0) is 21.1. The van der Waals surface area contributed by atoms with Crippen molar-refractivity contribution in [1.29, 1.82) is 5.26 Å². The van der Waals surface area contributed by atoms with Gasteiger partial charge in [-0.15, -0.1) is 0 Å². The summed E-state index contributed by atoms with van der Waals surface area (Å²) in [5.74, 6) is 0.260. The van der Waals surface area contributed by atoms with Crippen molar-refractivity contribution < 1.29 is 9.13 Å². The summed E-state index contributed by atoms with van der Waals surface area (Å²) in [5, 5.41) is 16.5. The van der Waals surface area contributed by atoms with E-state index in [9.17, 15) is 4.39 Å². The topological polar surface area (TPSA) is 95.8 Å². The standard InChI is InChI=1S/C21H14BrFN6O/c1-25-19-27-20(26-16-8-6-12(11-24)10-15(16)23)29-21(28-19)30-17-9-7-13-4-2-3-5-14(13)18(17)22/h2-10H,1H3,(H2,25,26,27,28,29). The molecular formula is C21H14BrFN6O. The van der Waals surface area contributed by atoms with Gasteiger partial charge in [-0.05, 0) is 51.0 Å². The molecule has 0 spiro atoms. The van der Waals surface area contributed by atoms with Crippen molar-refractivity contribution in [3.8, 4) is 17.8 Å². The lowest BCUT2D eigenvalue weighted by Crippen LogP contribution is -2.06. The van der Waals surface area contributed by atoms with Gasteiger partial charge in [-0.25, -0.2) is 4.39 Å². The van der Waals surface area contributed by atoms with Crippen molar-refractivity contribution in [1.82, 2.24) is 15.0 Å². The molecule has 9 heteroatoms. The summed E-state index contributed by atoms with van der Waals surface area (Å²) in [5.41, 5.74) is 0.342. The Bertz CT molecular complexity index is 1290. The number of benzene rings is 3. The van der Waals surface area contributed by atoms with Crippen molar-refractivity contribution in [3.63, 3.8) is 0 Å². The number of hydrogen-bond donors (Lipinski definition) is 2. The molecule has 0 radical (unpaired) electrons. The largest absolute Gasteiger partial charge is 0.423 e. The number of fused-ring (bicyclic) bond motifs is 1. The zero-order valence-corrected chi connectivity index (χ0v) is 17.2. The molecule has 4 aromatic rings. The molecule has 0 saturated carbocycles. The smallest absolute Gasteiger partial charge is 0.328 e. The molecule has 0 bridgehead atoms. The van der Waals surface area contributed by atoms with Crippen molar-refractivity contribution in [2.75, 3.05) is 17.7 Å². The SMILES string of the molecule is CNc1nc(Nc2ccc(C#N)cc2F)nc(Oc2ccc3ccccc3c2Br)n1. The Kier molecular flexibility index (Phi) is 5.41. The van der Waals surface area contributed by atoms with E-state index in [4.69, 9.17) is 10.00 Å². The predicted octanol–water partition coefficient (Wildman–Crippen LogP) is 5.38. The van der Waals surface area contributed by atoms with E-state index in [1.807, 2.05) is 42.5 Å². The quantitative estimate of drug-likeness (QED) is 0.409. The van der Waals surface area contributed by atoms with E-state index in [0.717, 1.165) is 21.3 Å². The fraction of sp³-hybridized carbons (Fsp3) is 0.0476. The third-order valence-corrected chi connectivity index (χ3v) is 5.03. The molecule has 0 aliphatic heterocycles. The molecule has 1 aromatic heterocycles. The maximum atomic E-state index is 14.2. The van der Waals surface area contributed by atoms with Crippen LogP contribution >= 0.6 is 15.9 Å². The molecule has 148 valence electrons. The van der Waals surface area contributed by atoms with Crippen LogP contribution in [0.2, 0.25) is 0 Å². The molecule has 0 aliphatic rings. The minimum Gasteiger partial charge on any atom is -0.423 e. The Morgan fingerprint density at radius 2 is 1.83 bits per heavy atom. The summed E-state index contributed by atoms with van der Waals surface area (Å²) in [6.07, 6.45) is 0. The second-order valence-corrected chi connectivity index (χ2v) is 6.94. The van der Waals surface area contributed by atoms with Gasteiger partial charge in [0.15, 0.2) is 0 Å². The monoisotopic (exact) mass is 464 g/mol. The van der Waals surface area contributed by atoms with Crippen LogP contribution in [0.3, 0.4) is 0 Å². The second kappa shape index (κ2) is 8.31. The summed E-state index contributed by atoms with van der Waals surface area (Å²) in [6.45, 7) is 0. The van der Waals surface area contributed by atoms with E-state index in [1.54, 1.807) is 7.05 Å². The number of rotatable bonds is 5. The Balaban J connectivity index is 1.67. The molecule has 30 heavy (non-hydrogen) atoms. The number of nitrogens with one attached hydrogen (secondary N) is 2. The number of anilines is 3. The minimum absolute atomic E-state index is 0.0295. The van der Waals surface area contributed by atoms with E-state index >= 15 is 0 Å². The molecule has 0 atom stereocenters. The third kappa shape index (κ3) is 3.99. The highest BCUT2D eigenvalue weighted by atomic mass is 79.9. The van der Waals surface area contributed by atoms with Crippen LogP contribution in [-0.4, -0.2) is 22.0 Å². The van der Waals surface area contributed by atoms with Crippen LogP contribution in [0, 0.1) is 17.1 Å². The van der Waals surface area contributed by atoms with E-state index in [2.05, 4.69) is 41.5 Å². The molecule has 1 heterocycles. The molecule has 0 amide bonds. The number of ether oxygens (including phenoxy) is 1. The van der Waals surface area contributed by atoms with Gasteiger partial charge in [0, 0.05) is 7.05 Å². The Hall–Kier alpha value is -3.77. The van der Waals surface area contributed by atoms with Crippen molar-refractivity contribution in [2.24, 2.45) is 0 Å². The maximum absolute atomic E-state index is 14.2. The van der Waals surface area contributed by atoms with Crippen LogP contribution in [0.5, 0.6) is 11.8 Å². The first-order chi connectivity index (χ1) is 14.6. The van der Waals surface area contributed by atoms with Crippen LogP contribution in [0.4, 0.5) is 22.0 Å². The molecule has 4 rings (SSSR count). The summed E-state index contributed by atoms with van der Waals surface area (Å²) < 4.78 is 20.9. The minimum atomic E-state index is -0.597. The predicted molar refractivity (Wildman–Crippen MR) is 115 cm³/mol. The van der Waals surface area contributed by atoms with Crippen LogP contribution in [0.15, 0.2) is 59.1 Å². The highest BCUT2D eigenvalue weighted by Gasteiger charge is 2.13. The fourth-order valence-electron chi connectivity index (χ4n) is 2.77. The Morgan fingerprint density at radius 3 is 2.60 bits per heavy atom. The molecule has 0 unspecified atom stereocenters. The summed E-state index contributed by atoms with van der Waals surface area (Å²) in [4.78, 5) is 12.6. The Labute approximate surface area is 179 Å². The lowest BCUT2D eigenvalue weighted by molar-refractivity contribution is 0.439. The zero-order valence-electron chi connectivity index (χ0n) is 15.6. The molecule has 0 aliphatic carbocycles. The van der Waals surface area contributed by atoms with Gasteiger partial charge in [0.05, 0.1) is 21.8 Å². The first-order valence-electron chi connectivity index (χ1n) is 8.83. The second-order valence-electron chi connectivity index (χ2n) is 6.15. The molecule has 3 aromatic carbocycles. The highest BCUT2D eigenvalue weighted by Crippen LogP contribution is 2.35. The average Bonchev–Trinajstić information content (AvgIpc) is 2.77. The first kappa shape index (κ1) is 19.5. The number of halogens is 2. The van der Waals surface area contributed by atoms with Gasteiger partial charge in [-0.2, -0.15) is 20.2 Å². The summed E-state index contributed by atoms with van der Waals surface area (Å²) in [6, 6.07) is 17.6. The normalized spacial score (nSPS) is 10.5. The maximum Gasteiger partial charge on any atom is 0.328 e. The number of nitriles is 1. The number of nitrogens with zero attached hydrogens (tertiary/aromatic N) is 4. The van der Waals surface area contributed by atoms with Crippen molar-refractivity contribution >= 4 is 44.3 Å². The summed E-state index contributed by atoms with van der Waals surface area (Å²) >= 11 is 3.57. The van der Waals surface area contributed by atoms with Gasteiger partial charge in [0.2, 0.25) is 11.9 Å². The molecular weight excluding hydrogens is 451 g/mol. The molecule has 2 N–H and O–H groups in total. The van der Waals surface area contributed by atoms with Crippen LogP contribution < -0.4 is 15.4 Å². The Morgan fingerprint density at radius 1 is 1.03 bits per heavy atom. The third-order valence-electron chi connectivity index (χ3n) is 4.21. The van der Waals surface area contributed by atoms with Gasteiger partial charge in [-0.1, -0.05) is 30.3 Å². The molecule has 7 nitrogen and oxygen atoms in total. The van der Waals surface area contributed by atoms with Crippen LogP contribution in [0.1, 0.15) is 5.56 Å². The first-order valence-corrected chi connectivity index (χ1v) is 9.62.